The van der Waals surface area contributed by atoms with Gasteiger partial charge in [0.25, 0.3) is 17.6 Å². The number of fused-ring (bicyclic) bond motifs is 2. The fourth-order valence-electron chi connectivity index (χ4n) is 4.97. The second kappa shape index (κ2) is 9.07. The average molecular weight is 504 g/mol. The maximum Gasteiger partial charge on any atom is 0.312 e. The normalized spacial score (nSPS) is 27.1. The van der Waals surface area contributed by atoms with Crippen LogP contribution in [0.4, 0.5) is 8.78 Å². The number of aliphatic imine (C=N–C) groups is 1. The minimum absolute atomic E-state index is 0.0147. The Morgan fingerprint density at radius 2 is 1.67 bits per heavy atom. The molecule has 0 spiro atoms. The smallest absolute Gasteiger partial charge is 0.312 e. The summed E-state index contributed by atoms with van der Waals surface area (Å²) in [5.74, 6) is -5.26. The maximum absolute atomic E-state index is 15.5. The van der Waals surface area contributed by atoms with E-state index in [1.165, 1.54) is 45.4 Å². The quantitative estimate of drug-likeness (QED) is 0.465. The fraction of sp³-hybridized carbons (Fsp3) is 0.500. The topological polar surface area (TPSA) is 119 Å². The Morgan fingerprint density at radius 1 is 1.06 bits per heavy atom. The molecule has 12 heteroatoms. The molecule has 3 heterocycles. The second-order valence-corrected chi connectivity index (χ2v) is 9.70. The number of Topliss-reactive ketones (excluding diaryl/α,β-unsaturated/α-hetero) is 1. The zero-order valence-electron chi connectivity index (χ0n) is 20.2. The van der Waals surface area contributed by atoms with Crippen LogP contribution in [0.15, 0.2) is 29.3 Å². The molecule has 0 radical (unpaired) electrons. The molecule has 2 bridgehead atoms. The lowest BCUT2D eigenvalue weighted by molar-refractivity contribution is -0.152. The van der Waals surface area contributed by atoms with Crippen molar-refractivity contribution in [3.63, 3.8) is 0 Å². The van der Waals surface area contributed by atoms with Crippen LogP contribution in [0.1, 0.15) is 31.2 Å². The minimum Gasteiger partial charge on any atom is -0.350 e. The number of alkyl halides is 1. The van der Waals surface area contributed by atoms with Gasteiger partial charge in [0.05, 0.1) is 6.54 Å². The maximum atomic E-state index is 15.5. The number of hydrogen-bond donors (Lipinski definition) is 1. The molecule has 1 unspecified atom stereocenters. The number of nitrogens with one attached hydrogen (secondary N) is 1. The van der Waals surface area contributed by atoms with Crippen molar-refractivity contribution in [3.8, 4) is 0 Å². The highest BCUT2D eigenvalue weighted by Crippen LogP contribution is 2.46. The van der Waals surface area contributed by atoms with Gasteiger partial charge in [0, 0.05) is 27.7 Å². The molecule has 1 aliphatic carbocycles. The third kappa shape index (κ3) is 4.24. The number of hydrogen-bond acceptors (Lipinski definition) is 6. The largest absolute Gasteiger partial charge is 0.350 e. The molecule has 2 saturated heterocycles. The van der Waals surface area contributed by atoms with E-state index in [9.17, 15) is 28.4 Å². The number of likely N-dealkylation sites (N-methyl/N-ethyl adjacent to an activating group) is 2. The van der Waals surface area contributed by atoms with Crippen molar-refractivity contribution in [2.75, 3.05) is 27.7 Å². The van der Waals surface area contributed by atoms with E-state index in [2.05, 4.69) is 10.3 Å². The molecule has 1 aromatic carbocycles. The van der Waals surface area contributed by atoms with Crippen LogP contribution >= 0.6 is 0 Å². The summed E-state index contributed by atoms with van der Waals surface area (Å²) >= 11 is 0. The molecule has 3 fully saturated rings. The number of ketones is 1. The Bertz CT molecular complexity index is 1160. The fourth-order valence-corrected chi connectivity index (χ4v) is 4.97. The Balaban J connectivity index is 1.70. The molecule has 1 saturated carbocycles. The van der Waals surface area contributed by atoms with Gasteiger partial charge in [0.1, 0.15) is 22.9 Å². The third-order valence-corrected chi connectivity index (χ3v) is 7.21. The van der Waals surface area contributed by atoms with E-state index in [1.54, 1.807) is 0 Å². The molecule has 5 rings (SSSR count). The zero-order valence-corrected chi connectivity index (χ0v) is 20.2. The van der Waals surface area contributed by atoms with Crippen LogP contribution in [-0.4, -0.2) is 94.9 Å². The Morgan fingerprint density at radius 3 is 2.25 bits per heavy atom. The number of halogens is 2. The molecule has 3 aliphatic heterocycles. The Hall–Kier alpha value is -3.70. The zero-order chi connectivity index (χ0) is 26.4. The van der Waals surface area contributed by atoms with Crippen molar-refractivity contribution in [1.29, 1.82) is 0 Å². The van der Waals surface area contributed by atoms with Crippen LogP contribution in [0.5, 0.6) is 0 Å². The van der Waals surface area contributed by atoms with Crippen molar-refractivity contribution >= 4 is 35.2 Å². The molecule has 10 nitrogen and oxygen atoms in total. The van der Waals surface area contributed by atoms with Crippen LogP contribution in [-0.2, 0) is 30.5 Å². The van der Waals surface area contributed by atoms with Gasteiger partial charge >= 0.3 is 11.8 Å². The summed E-state index contributed by atoms with van der Waals surface area (Å²) in [7, 11) is 4.21. The lowest BCUT2D eigenvalue weighted by atomic mass is 9.75. The van der Waals surface area contributed by atoms with Crippen LogP contribution in [0.2, 0.25) is 0 Å². The summed E-state index contributed by atoms with van der Waals surface area (Å²) in [6, 6.07) is 3.62. The molecule has 1 aromatic rings. The van der Waals surface area contributed by atoms with Crippen molar-refractivity contribution < 1.29 is 32.8 Å². The summed E-state index contributed by atoms with van der Waals surface area (Å²) in [5.41, 5.74) is -2.57. The molecular weight excluding hydrogens is 476 g/mol. The van der Waals surface area contributed by atoms with E-state index in [-0.39, 0.29) is 38.1 Å². The summed E-state index contributed by atoms with van der Waals surface area (Å²) in [6.45, 7) is -0.466. The highest BCUT2D eigenvalue weighted by molar-refractivity contribution is 6.46. The van der Waals surface area contributed by atoms with E-state index >= 15 is 4.39 Å². The van der Waals surface area contributed by atoms with Gasteiger partial charge < -0.3 is 15.1 Å². The third-order valence-electron chi connectivity index (χ3n) is 7.21. The summed E-state index contributed by atoms with van der Waals surface area (Å²) in [4.78, 5) is 71.8. The summed E-state index contributed by atoms with van der Waals surface area (Å²) in [5, 5.41) is 2.52. The van der Waals surface area contributed by atoms with Gasteiger partial charge in [-0.1, -0.05) is 12.1 Å². The molecule has 1 atom stereocenters. The standard InChI is InChI=1S/C24H27F2N5O5/c1-29(2)20(35)21(36)30(3)24-10-8-23(26,9-11-24)13-31-19(34)17(32)16(28-22(24)31)18(33)27-12-14-4-6-15(25)7-5-14/h4-7,16H,8-13H2,1-3H3,(H,27,33). The Kier molecular flexibility index (Phi) is 6.40. The van der Waals surface area contributed by atoms with E-state index in [4.69, 9.17) is 0 Å². The van der Waals surface area contributed by atoms with Crippen LogP contribution in [0, 0.1) is 5.82 Å². The number of carbonyl (C=O) groups excluding carboxylic acids is 5. The van der Waals surface area contributed by atoms with E-state index in [0.717, 1.165) is 14.7 Å². The summed E-state index contributed by atoms with van der Waals surface area (Å²) in [6.07, 6.45) is 0.0960. The van der Waals surface area contributed by atoms with Gasteiger partial charge in [-0.2, -0.15) is 0 Å². The average Bonchev–Trinajstić information content (AvgIpc) is 3.06. The molecule has 0 aromatic heterocycles. The van der Waals surface area contributed by atoms with Gasteiger partial charge in [-0.05, 0) is 43.4 Å². The minimum atomic E-state index is -1.79. The molecule has 4 aliphatic rings. The molecular formula is C24H27F2N5O5. The predicted molar refractivity (Wildman–Crippen MR) is 123 cm³/mol. The number of nitrogens with zero attached hydrogens (tertiary/aromatic N) is 4. The van der Waals surface area contributed by atoms with E-state index in [0.29, 0.717) is 5.56 Å². The first kappa shape index (κ1) is 25.4. The van der Waals surface area contributed by atoms with Gasteiger partial charge in [0.2, 0.25) is 0 Å². The number of amides is 4. The van der Waals surface area contributed by atoms with Gasteiger partial charge in [-0.3, -0.25) is 28.9 Å². The van der Waals surface area contributed by atoms with Crippen molar-refractivity contribution in [3.05, 3.63) is 35.6 Å². The monoisotopic (exact) mass is 503 g/mol. The second-order valence-electron chi connectivity index (χ2n) is 9.70. The predicted octanol–water partition coefficient (Wildman–Crippen LogP) is 0.202. The van der Waals surface area contributed by atoms with Gasteiger partial charge in [0.15, 0.2) is 6.04 Å². The lowest BCUT2D eigenvalue weighted by Gasteiger charge is -2.46. The van der Waals surface area contributed by atoms with E-state index < -0.39 is 59.0 Å². The molecule has 1 N–H and O–H groups in total. The number of rotatable bonds is 4. The van der Waals surface area contributed by atoms with Gasteiger partial charge in [-0.15, -0.1) is 0 Å². The molecule has 192 valence electrons. The van der Waals surface area contributed by atoms with Crippen molar-refractivity contribution in [2.45, 2.75) is 49.5 Å². The highest BCUT2D eigenvalue weighted by atomic mass is 19.1. The molecule has 4 amide bonds. The van der Waals surface area contributed by atoms with Crippen LogP contribution in [0.3, 0.4) is 0 Å². The van der Waals surface area contributed by atoms with Crippen LogP contribution < -0.4 is 5.32 Å². The van der Waals surface area contributed by atoms with Crippen molar-refractivity contribution in [2.24, 2.45) is 4.99 Å². The number of benzene rings is 1. The lowest BCUT2D eigenvalue weighted by Crippen LogP contribution is -2.65. The van der Waals surface area contributed by atoms with Crippen molar-refractivity contribution in [1.82, 2.24) is 20.0 Å². The van der Waals surface area contributed by atoms with Crippen LogP contribution in [0.25, 0.3) is 0 Å². The molecule has 36 heavy (non-hydrogen) atoms. The first-order valence-corrected chi connectivity index (χ1v) is 11.5. The highest BCUT2D eigenvalue weighted by Gasteiger charge is 2.60. The van der Waals surface area contributed by atoms with Gasteiger partial charge in [-0.25, -0.2) is 13.8 Å². The number of carbonyl (C=O) groups is 5. The van der Waals surface area contributed by atoms with E-state index in [1.807, 2.05) is 0 Å². The SMILES string of the molecule is CN(C)C(=O)C(=O)N(C)C12CCC(F)(CC1)CN1C(=O)C(=O)C(C(=O)NCc3ccc(F)cc3)N=C12. The Labute approximate surface area is 206 Å². The first-order chi connectivity index (χ1) is 16.9. The first-order valence-electron chi connectivity index (χ1n) is 11.5. The number of amidine groups is 1. The summed E-state index contributed by atoms with van der Waals surface area (Å²) < 4.78 is 28.7.